The molecule has 1 aliphatic heterocycles. The van der Waals surface area contributed by atoms with Gasteiger partial charge in [0.05, 0.1) is 17.6 Å². The Morgan fingerprint density at radius 3 is 2.74 bits per heavy atom. The molecule has 0 atom stereocenters. The molecular weight excluding hydrogens is 454 g/mol. The van der Waals surface area contributed by atoms with E-state index in [1.807, 2.05) is 16.8 Å². The highest BCUT2D eigenvalue weighted by Crippen LogP contribution is 2.33. The number of benzene rings is 1. The summed E-state index contributed by atoms with van der Waals surface area (Å²) in [5, 5.41) is 12.1. The monoisotopic (exact) mass is 482 g/mol. The van der Waals surface area contributed by atoms with Gasteiger partial charge < -0.3 is 31.1 Å². The summed E-state index contributed by atoms with van der Waals surface area (Å²) >= 11 is 0. The fourth-order valence-electron chi connectivity index (χ4n) is 3.65. The quantitative estimate of drug-likeness (QED) is 0.189. The van der Waals surface area contributed by atoms with Crippen molar-refractivity contribution in [2.24, 2.45) is 21.6 Å². The predicted molar refractivity (Wildman–Crippen MR) is 133 cm³/mol. The van der Waals surface area contributed by atoms with E-state index < -0.39 is 11.6 Å². The largest absolute Gasteiger partial charge is 0.461 e. The molecule has 35 heavy (non-hydrogen) atoms. The van der Waals surface area contributed by atoms with Crippen LogP contribution in [0.2, 0.25) is 0 Å². The first-order chi connectivity index (χ1) is 16.9. The van der Waals surface area contributed by atoms with Gasteiger partial charge in [0, 0.05) is 37.5 Å². The highest BCUT2D eigenvalue weighted by molar-refractivity contribution is 5.99. The van der Waals surface area contributed by atoms with Gasteiger partial charge in [-0.25, -0.2) is 8.78 Å². The molecule has 0 saturated heterocycles. The molecule has 3 aromatic rings. The molecule has 1 aliphatic rings. The van der Waals surface area contributed by atoms with Gasteiger partial charge in [-0.2, -0.15) is 10.0 Å². The van der Waals surface area contributed by atoms with Gasteiger partial charge in [0.2, 0.25) is 5.96 Å². The summed E-state index contributed by atoms with van der Waals surface area (Å²) in [5.74, 6) is 0.301. The molecule has 6 N–H and O–H groups in total. The molecule has 0 radical (unpaired) electrons. The van der Waals surface area contributed by atoms with E-state index in [4.69, 9.17) is 15.9 Å². The van der Waals surface area contributed by atoms with Gasteiger partial charge in [-0.15, -0.1) is 5.10 Å². The number of hydrogen-bond acceptors (Lipinski definition) is 7. The van der Waals surface area contributed by atoms with Crippen molar-refractivity contribution < 1.29 is 13.2 Å². The minimum Gasteiger partial charge on any atom is -0.461 e. The predicted octanol–water partition coefficient (Wildman–Crippen LogP) is 3.39. The Labute approximate surface area is 201 Å². The number of hydrazone groups is 1. The molecule has 4 rings (SSSR count). The molecule has 11 heteroatoms. The lowest BCUT2D eigenvalue weighted by Crippen LogP contribution is -2.35. The number of hydrogen-bond donors (Lipinski definition) is 4. The third-order valence-corrected chi connectivity index (χ3v) is 5.48. The van der Waals surface area contributed by atoms with Crippen LogP contribution in [0.25, 0.3) is 5.70 Å². The molecule has 184 valence electrons. The molecule has 0 spiro atoms. The Balaban J connectivity index is 1.22. The van der Waals surface area contributed by atoms with Gasteiger partial charge in [-0.1, -0.05) is 6.58 Å². The number of nitrogens with one attached hydrogen (secondary N) is 2. The standard InChI is InChI=1S/C24H28F2N8O/c1-16-18-8-12-33(23(18)31-24(28)34(16)32-22(27)21-5-4-14-35-21)13-11-29-9-2-3-10-30-20-7-6-17(25)15-19(20)26/h4-8,12,14-15,29-30H,1-3,9-11,13H2,(H2,27,32)(H2,28,31). The minimum atomic E-state index is -0.584. The number of anilines is 1. The van der Waals surface area contributed by atoms with E-state index in [2.05, 4.69) is 27.3 Å². The molecule has 9 nitrogen and oxygen atoms in total. The van der Waals surface area contributed by atoms with Crippen molar-refractivity contribution >= 4 is 29.0 Å². The van der Waals surface area contributed by atoms with Gasteiger partial charge in [-0.05, 0) is 49.7 Å². The van der Waals surface area contributed by atoms with Crippen molar-refractivity contribution in [3.05, 3.63) is 78.4 Å². The van der Waals surface area contributed by atoms with Crippen LogP contribution >= 0.6 is 0 Å². The number of rotatable bonds is 11. The molecule has 2 aromatic heterocycles. The maximum atomic E-state index is 13.6. The van der Waals surface area contributed by atoms with E-state index in [0.29, 0.717) is 36.1 Å². The molecular formula is C24H28F2N8O. The average molecular weight is 483 g/mol. The fourth-order valence-corrected chi connectivity index (χ4v) is 3.65. The first-order valence-corrected chi connectivity index (χ1v) is 11.2. The highest BCUT2D eigenvalue weighted by Gasteiger charge is 2.25. The Morgan fingerprint density at radius 2 is 1.97 bits per heavy atom. The third kappa shape index (κ3) is 5.69. The number of furan rings is 1. The number of amidine groups is 1. The Kier molecular flexibility index (Phi) is 7.46. The van der Waals surface area contributed by atoms with Crippen LogP contribution in [-0.4, -0.2) is 41.0 Å². The van der Waals surface area contributed by atoms with Gasteiger partial charge in [0.25, 0.3) is 0 Å². The lowest BCUT2D eigenvalue weighted by molar-refractivity contribution is 0.548. The summed E-state index contributed by atoms with van der Waals surface area (Å²) in [4.78, 5) is 4.49. The summed E-state index contributed by atoms with van der Waals surface area (Å²) in [6.45, 7) is 6.94. The minimum absolute atomic E-state index is 0.162. The van der Waals surface area contributed by atoms with Crippen LogP contribution in [0.15, 0.2) is 69.9 Å². The van der Waals surface area contributed by atoms with E-state index in [9.17, 15) is 8.78 Å². The molecule has 0 bridgehead atoms. The molecule has 0 unspecified atom stereocenters. The zero-order chi connectivity index (χ0) is 24.8. The fraction of sp³-hybridized carbons (Fsp3) is 0.250. The first-order valence-electron chi connectivity index (χ1n) is 11.2. The smallest absolute Gasteiger partial charge is 0.223 e. The van der Waals surface area contributed by atoms with Crippen LogP contribution < -0.4 is 22.1 Å². The normalized spacial score (nSPS) is 13.7. The van der Waals surface area contributed by atoms with Crippen molar-refractivity contribution in [2.45, 2.75) is 19.4 Å². The van der Waals surface area contributed by atoms with Gasteiger partial charge >= 0.3 is 0 Å². The maximum Gasteiger partial charge on any atom is 0.223 e. The SMILES string of the molecule is C=C1c2ccn(CCNCCCCNc3ccc(F)cc3F)c2N=C(N)N1/N=C(\N)c1ccco1. The van der Waals surface area contributed by atoms with Gasteiger partial charge in [-0.3, -0.25) is 0 Å². The third-order valence-electron chi connectivity index (χ3n) is 5.48. The Bertz CT molecular complexity index is 1230. The van der Waals surface area contributed by atoms with Crippen LogP contribution in [0.3, 0.4) is 0 Å². The second-order valence-electron chi connectivity index (χ2n) is 7.95. The number of unbranched alkanes of at least 4 members (excludes halogenated alkanes) is 1. The van der Waals surface area contributed by atoms with Crippen molar-refractivity contribution in [1.29, 1.82) is 0 Å². The molecule has 1 aromatic carbocycles. The summed E-state index contributed by atoms with van der Waals surface area (Å²) in [6, 6.07) is 8.86. The zero-order valence-corrected chi connectivity index (χ0v) is 19.2. The Hall–Kier alpha value is -4.12. The van der Waals surface area contributed by atoms with Crippen molar-refractivity contribution in [1.82, 2.24) is 14.9 Å². The Morgan fingerprint density at radius 1 is 1.14 bits per heavy atom. The summed E-state index contributed by atoms with van der Waals surface area (Å²) in [7, 11) is 0. The van der Waals surface area contributed by atoms with Crippen LogP contribution in [0.5, 0.6) is 0 Å². The first kappa shape index (κ1) is 24.0. The number of aromatic nitrogens is 1. The zero-order valence-electron chi connectivity index (χ0n) is 19.2. The van der Waals surface area contributed by atoms with E-state index >= 15 is 0 Å². The molecule has 3 heterocycles. The molecule has 0 saturated carbocycles. The molecule has 0 aliphatic carbocycles. The maximum absolute atomic E-state index is 13.6. The van der Waals surface area contributed by atoms with Crippen LogP contribution in [-0.2, 0) is 6.54 Å². The van der Waals surface area contributed by atoms with E-state index in [1.165, 1.54) is 23.4 Å². The lowest BCUT2D eigenvalue weighted by Gasteiger charge is -2.25. The number of aliphatic imine (C=N–C) groups is 1. The highest BCUT2D eigenvalue weighted by atomic mass is 19.1. The van der Waals surface area contributed by atoms with Gasteiger partial charge in [0.1, 0.15) is 17.5 Å². The van der Waals surface area contributed by atoms with Crippen LogP contribution in [0.1, 0.15) is 24.2 Å². The van der Waals surface area contributed by atoms with Crippen LogP contribution in [0.4, 0.5) is 20.3 Å². The number of nitrogens with two attached hydrogens (primary N) is 2. The van der Waals surface area contributed by atoms with Crippen LogP contribution in [0, 0.1) is 11.6 Å². The summed E-state index contributed by atoms with van der Waals surface area (Å²) in [5.41, 5.74) is 13.8. The van der Waals surface area contributed by atoms with E-state index in [1.54, 1.807) is 12.1 Å². The van der Waals surface area contributed by atoms with E-state index in [0.717, 1.165) is 37.6 Å². The van der Waals surface area contributed by atoms with Crippen molar-refractivity contribution in [2.75, 3.05) is 25.0 Å². The summed E-state index contributed by atoms with van der Waals surface area (Å²) in [6.07, 6.45) is 5.20. The molecule has 0 amide bonds. The van der Waals surface area contributed by atoms with E-state index in [-0.39, 0.29) is 11.8 Å². The second-order valence-corrected chi connectivity index (χ2v) is 7.95. The summed E-state index contributed by atoms with van der Waals surface area (Å²) < 4.78 is 33.8. The van der Waals surface area contributed by atoms with Crippen molar-refractivity contribution in [3.63, 3.8) is 0 Å². The average Bonchev–Trinajstić information content (AvgIpc) is 3.50. The topological polar surface area (TPSA) is 122 Å². The number of nitrogens with zero attached hydrogens (tertiary/aromatic N) is 4. The van der Waals surface area contributed by atoms with Crippen molar-refractivity contribution in [3.8, 4) is 0 Å². The van der Waals surface area contributed by atoms with Gasteiger partial charge in [0.15, 0.2) is 11.6 Å². The lowest BCUT2D eigenvalue weighted by atomic mass is 10.2. The number of fused-ring (bicyclic) bond motifs is 1. The second kappa shape index (κ2) is 10.9. The number of guanidine groups is 1. The number of halogens is 2. The molecule has 0 fully saturated rings.